The number of rotatable bonds is 11. The second-order valence-corrected chi connectivity index (χ2v) is 6.93. The number of carboxylic acids is 1. The molecule has 0 aromatic carbocycles. The SMILES string of the molecule is CCCCCCCCC(=O)NCC1(CC(=O)O)CCCCC1. The normalized spacial score (nSPS) is 17.1. The maximum Gasteiger partial charge on any atom is 0.303 e. The molecule has 0 radical (unpaired) electrons. The van der Waals surface area contributed by atoms with Gasteiger partial charge >= 0.3 is 5.97 Å². The van der Waals surface area contributed by atoms with Gasteiger partial charge in [-0.1, -0.05) is 58.3 Å². The highest BCUT2D eigenvalue weighted by Gasteiger charge is 2.34. The minimum absolute atomic E-state index is 0.0887. The highest BCUT2D eigenvalue weighted by molar-refractivity contribution is 5.76. The molecule has 0 saturated heterocycles. The fourth-order valence-electron chi connectivity index (χ4n) is 3.48. The number of nitrogens with one attached hydrogen (secondary N) is 1. The van der Waals surface area contributed by atoms with Crippen molar-refractivity contribution in [2.75, 3.05) is 6.54 Å². The molecule has 128 valence electrons. The molecule has 1 amide bonds. The zero-order valence-electron chi connectivity index (χ0n) is 14.2. The molecular weight excluding hydrogens is 278 g/mol. The van der Waals surface area contributed by atoms with Crippen molar-refractivity contribution in [3.05, 3.63) is 0 Å². The summed E-state index contributed by atoms with van der Waals surface area (Å²) >= 11 is 0. The van der Waals surface area contributed by atoms with E-state index in [2.05, 4.69) is 12.2 Å². The molecule has 0 bridgehead atoms. The lowest BCUT2D eigenvalue weighted by Gasteiger charge is -2.36. The minimum Gasteiger partial charge on any atom is -0.481 e. The monoisotopic (exact) mass is 311 g/mol. The van der Waals surface area contributed by atoms with Crippen LogP contribution in [0.4, 0.5) is 0 Å². The van der Waals surface area contributed by atoms with Gasteiger partial charge in [-0.2, -0.15) is 0 Å². The summed E-state index contributed by atoms with van der Waals surface area (Å²) in [5.41, 5.74) is -0.207. The number of amides is 1. The summed E-state index contributed by atoms with van der Waals surface area (Å²) in [4.78, 5) is 23.0. The number of carbonyl (C=O) groups is 2. The average molecular weight is 311 g/mol. The van der Waals surface area contributed by atoms with Crippen LogP contribution in [-0.4, -0.2) is 23.5 Å². The van der Waals surface area contributed by atoms with Crippen LogP contribution in [0.15, 0.2) is 0 Å². The summed E-state index contributed by atoms with van der Waals surface area (Å²) in [6.07, 6.45) is 13.0. The van der Waals surface area contributed by atoms with Crippen LogP contribution in [0.1, 0.15) is 90.4 Å². The van der Waals surface area contributed by atoms with E-state index in [1.807, 2.05) is 0 Å². The van der Waals surface area contributed by atoms with Crippen LogP contribution in [0.25, 0.3) is 0 Å². The number of carboxylic acid groups (broad SMARTS) is 1. The summed E-state index contributed by atoms with van der Waals surface area (Å²) in [6.45, 7) is 2.74. The second kappa shape index (κ2) is 10.6. The number of aliphatic carboxylic acids is 1. The van der Waals surface area contributed by atoms with Crippen LogP contribution in [0, 0.1) is 5.41 Å². The molecular formula is C18H33NO3. The van der Waals surface area contributed by atoms with E-state index in [1.54, 1.807) is 0 Å². The summed E-state index contributed by atoms with van der Waals surface area (Å²) in [7, 11) is 0. The highest BCUT2D eigenvalue weighted by Crippen LogP contribution is 2.38. The van der Waals surface area contributed by atoms with E-state index < -0.39 is 5.97 Å². The average Bonchev–Trinajstić information content (AvgIpc) is 2.49. The molecule has 1 saturated carbocycles. The Balaban J connectivity index is 2.23. The largest absolute Gasteiger partial charge is 0.481 e. The van der Waals surface area contributed by atoms with Crippen LogP contribution >= 0.6 is 0 Å². The van der Waals surface area contributed by atoms with E-state index in [0.717, 1.165) is 38.5 Å². The molecule has 1 rings (SSSR count). The molecule has 4 heteroatoms. The van der Waals surface area contributed by atoms with Crippen molar-refractivity contribution < 1.29 is 14.7 Å². The molecule has 0 aromatic rings. The molecule has 0 aliphatic heterocycles. The predicted octanol–water partition coefficient (Wildman–Crippen LogP) is 4.28. The van der Waals surface area contributed by atoms with E-state index in [4.69, 9.17) is 5.11 Å². The zero-order valence-corrected chi connectivity index (χ0v) is 14.2. The van der Waals surface area contributed by atoms with Gasteiger partial charge in [0.25, 0.3) is 0 Å². The first-order valence-electron chi connectivity index (χ1n) is 9.06. The molecule has 0 unspecified atom stereocenters. The number of hydrogen-bond acceptors (Lipinski definition) is 2. The lowest BCUT2D eigenvalue weighted by Crippen LogP contribution is -2.40. The van der Waals surface area contributed by atoms with Crippen molar-refractivity contribution in [1.29, 1.82) is 0 Å². The van der Waals surface area contributed by atoms with Gasteiger partial charge < -0.3 is 10.4 Å². The zero-order chi connectivity index (χ0) is 16.3. The number of carbonyl (C=O) groups excluding carboxylic acids is 1. The molecule has 1 aliphatic carbocycles. The molecule has 4 nitrogen and oxygen atoms in total. The third-order valence-electron chi connectivity index (χ3n) is 4.86. The van der Waals surface area contributed by atoms with Crippen molar-refractivity contribution in [3.8, 4) is 0 Å². The van der Waals surface area contributed by atoms with Crippen molar-refractivity contribution in [2.45, 2.75) is 90.4 Å². The first-order chi connectivity index (χ1) is 10.6. The van der Waals surface area contributed by atoms with Crippen molar-refractivity contribution >= 4 is 11.9 Å². The summed E-state index contributed by atoms with van der Waals surface area (Å²) < 4.78 is 0. The second-order valence-electron chi connectivity index (χ2n) is 6.93. The molecule has 22 heavy (non-hydrogen) atoms. The lowest BCUT2D eigenvalue weighted by molar-refractivity contribution is -0.140. The van der Waals surface area contributed by atoms with Gasteiger partial charge in [-0.25, -0.2) is 0 Å². The fraction of sp³-hybridized carbons (Fsp3) is 0.889. The first kappa shape index (κ1) is 19.0. The maximum absolute atomic E-state index is 11.9. The molecule has 1 fully saturated rings. The van der Waals surface area contributed by atoms with Crippen LogP contribution in [0.5, 0.6) is 0 Å². The van der Waals surface area contributed by atoms with Crippen LogP contribution in [0.3, 0.4) is 0 Å². The predicted molar refractivity (Wildman–Crippen MR) is 88.8 cm³/mol. The van der Waals surface area contributed by atoms with Gasteiger partial charge in [-0.05, 0) is 24.7 Å². The third kappa shape index (κ3) is 7.81. The first-order valence-corrected chi connectivity index (χ1v) is 9.06. The summed E-state index contributed by atoms with van der Waals surface area (Å²) in [5, 5.41) is 12.1. The van der Waals surface area contributed by atoms with Gasteiger partial charge in [0, 0.05) is 13.0 Å². The summed E-state index contributed by atoms with van der Waals surface area (Å²) in [6, 6.07) is 0. The number of hydrogen-bond donors (Lipinski definition) is 2. The Morgan fingerprint density at radius 2 is 1.64 bits per heavy atom. The van der Waals surface area contributed by atoms with Crippen LogP contribution in [-0.2, 0) is 9.59 Å². The molecule has 0 aromatic heterocycles. The van der Waals surface area contributed by atoms with Gasteiger partial charge in [-0.15, -0.1) is 0 Å². The van der Waals surface area contributed by atoms with E-state index >= 15 is 0 Å². The Hall–Kier alpha value is -1.06. The van der Waals surface area contributed by atoms with Gasteiger partial charge in [0.15, 0.2) is 0 Å². The Morgan fingerprint density at radius 3 is 2.27 bits per heavy atom. The topological polar surface area (TPSA) is 66.4 Å². The van der Waals surface area contributed by atoms with Crippen molar-refractivity contribution in [3.63, 3.8) is 0 Å². The Kier molecular flexibility index (Phi) is 9.17. The molecule has 0 heterocycles. The van der Waals surface area contributed by atoms with E-state index in [9.17, 15) is 9.59 Å². The van der Waals surface area contributed by atoms with Crippen LogP contribution in [0.2, 0.25) is 0 Å². The van der Waals surface area contributed by atoms with Crippen molar-refractivity contribution in [1.82, 2.24) is 5.32 Å². The minimum atomic E-state index is -0.743. The van der Waals surface area contributed by atoms with Crippen LogP contribution < -0.4 is 5.32 Å². The van der Waals surface area contributed by atoms with Gasteiger partial charge in [-0.3, -0.25) is 9.59 Å². The standard InChI is InChI=1S/C18H33NO3/c1-2-3-4-5-6-8-11-16(20)19-15-18(14-17(21)22)12-9-7-10-13-18/h2-15H2,1H3,(H,19,20)(H,21,22). The fourth-order valence-corrected chi connectivity index (χ4v) is 3.48. The molecule has 2 N–H and O–H groups in total. The van der Waals surface area contributed by atoms with E-state index in [1.165, 1.54) is 32.1 Å². The third-order valence-corrected chi connectivity index (χ3v) is 4.86. The van der Waals surface area contributed by atoms with Gasteiger partial charge in [0.05, 0.1) is 6.42 Å². The van der Waals surface area contributed by atoms with Gasteiger partial charge in [0.1, 0.15) is 0 Å². The highest BCUT2D eigenvalue weighted by atomic mass is 16.4. The summed E-state index contributed by atoms with van der Waals surface area (Å²) in [5.74, 6) is -0.655. The quantitative estimate of drug-likeness (QED) is 0.560. The Morgan fingerprint density at radius 1 is 1.00 bits per heavy atom. The Labute approximate surface area is 135 Å². The Bertz CT molecular complexity index is 335. The smallest absolute Gasteiger partial charge is 0.303 e. The van der Waals surface area contributed by atoms with E-state index in [-0.39, 0.29) is 17.7 Å². The lowest BCUT2D eigenvalue weighted by atomic mass is 9.71. The molecule has 0 spiro atoms. The van der Waals surface area contributed by atoms with Gasteiger partial charge in [0.2, 0.25) is 5.91 Å². The van der Waals surface area contributed by atoms with E-state index in [0.29, 0.717) is 13.0 Å². The number of unbranched alkanes of at least 4 members (excludes halogenated alkanes) is 5. The molecule has 1 aliphatic rings. The maximum atomic E-state index is 11.9. The van der Waals surface area contributed by atoms with Crippen molar-refractivity contribution in [2.24, 2.45) is 5.41 Å². The molecule has 0 atom stereocenters.